The molecule has 0 atom stereocenters. The van der Waals surface area contributed by atoms with Crippen molar-refractivity contribution >= 4 is 28.4 Å². The molecular weight excluding hydrogens is 360 g/mol. The zero-order valence-corrected chi connectivity index (χ0v) is 15.5. The number of nitrogen functional groups attached to an aromatic ring is 1. The van der Waals surface area contributed by atoms with E-state index in [1.54, 1.807) is 22.9 Å². The van der Waals surface area contributed by atoms with Gasteiger partial charge in [0.25, 0.3) is 17.1 Å². The Labute approximate surface area is 161 Å². The lowest BCUT2D eigenvalue weighted by molar-refractivity contribution is -0.659. The Bertz CT molecular complexity index is 1100. The van der Waals surface area contributed by atoms with Crippen LogP contribution in [0.15, 0.2) is 35.3 Å². The van der Waals surface area contributed by atoms with E-state index >= 15 is 0 Å². The highest BCUT2D eigenvalue weighted by molar-refractivity contribution is 5.99. The van der Waals surface area contributed by atoms with Crippen molar-refractivity contribution in [1.29, 1.82) is 0 Å². The Morgan fingerprint density at radius 2 is 2.07 bits per heavy atom. The van der Waals surface area contributed by atoms with E-state index < -0.39 is 5.91 Å². The van der Waals surface area contributed by atoms with E-state index in [0.29, 0.717) is 23.2 Å². The molecule has 0 bridgehead atoms. The maximum absolute atomic E-state index is 12.9. The fourth-order valence-electron chi connectivity index (χ4n) is 3.60. The zero-order valence-electron chi connectivity index (χ0n) is 15.5. The Balaban J connectivity index is 1.79. The smallest absolute Gasteiger partial charge is 0.278 e. The van der Waals surface area contributed by atoms with Crippen LogP contribution in [0.25, 0.3) is 16.7 Å². The molecule has 1 aliphatic heterocycles. The van der Waals surface area contributed by atoms with E-state index in [1.807, 2.05) is 6.07 Å². The first kappa shape index (κ1) is 18.3. The molecule has 3 aromatic heterocycles. The summed E-state index contributed by atoms with van der Waals surface area (Å²) in [6, 6.07) is 6.78. The summed E-state index contributed by atoms with van der Waals surface area (Å²) in [7, 11) is 0. The van der Waals surface area contributed by atoms with Crippen LogP contribution >= 0.6 is 0 Å². The summed E-state index contributed by atoms with van der Waals surface area (Å²) >= 11 is 0. The highest BCUT2D eigenvalue weighted by atomic mass is 16.5. The molecule has 1 fully saturated rings. The van der Waals surface area contributed by atoms with Crippen LogP contribution in [-0.2, 0) is 11.3 Å². The molecule has 1 amide bonds. The predicted octanol–water partition coefficient (Wildman–Crippen LogP) is -0.461. The standard InChI is InChI=1S/C19H22N6O3/c20-16-13(17(21)26)12-14-18(22-15-4-1-2-6-24(15)19(14)27)25(16)7-3-5-23-8-10-28-11-9-23/h1-2,4,6,12,20H,3,5,7-11H2,(H2,21,26)/p+1. The first-order valence-corrected chi connectivity index (χ1v) is 9.29. The number of hydrogen-bond donors (Lipinski definition) is 2. The van der Waals surface area contributed by atoms with Crippen LogP contribution in [0.5, 0.6) is 0 Å². The molecule has 1 aliphatic rings. The number of anilines is 1. The molecule has 0 aliphatic carbocycles. The topological polar surface area (TPSA) is 120 Å². The summed E-state index contributed by atoms with van der Waals surface area (Å²) in [5.41, 5.74) is 12.6. The van der Waals surface area contributed by atoms with E-state index in [9.17, 15) is 9.59 Å². The van der Waals surface area contributed by atoms with Crippen LogP contribution < -0.4 is 21.6 Å². The minimum atomic E-state index is -0.668. The van der Waals surface area contributed by atoms with E-state index in [-0.39, 0.29) is 16.9 Å². The van der Waals surface area contributed by atoms with Crippen molar-refractivity contribution in [3.05, 3.63) is 46.4 Å². The average molecular weight is 383 g/mol. The molecule has 4 rings (SSSR count). The van der Waals surface area contributed by atoms with Crippen molar-refractivity contribution in [2.45, 2.75) is 13.0 Å². The largest absolute Gasteiger partial charge is 0.379 e. The van der Waals surface area contributed by atoms with Crippen LogP contribution in [0.1, 0.15) is 16.8 Å². The van der Waals surface area contributed by atoms with Crippen molar-refractivity contribution in [1.82, 2.24) is 14.3 Å². The average Bonchev–Trinajstić information content (AvgIpc) is 2.70. The molecule has 4 N–H and O–H groups in total. The SMILES string of the molecule is NC(=O)c1cc2c(=O)n3ccccc3nc2[n+](CCCN2CCOCC2)c1N. The molecule has 28 heavy (non-hydrogen) atoms. The quantitative estimate of drug-likeness (QED) is 0.454. The number of pyridine rings is 2. The van der Waals surface area contributed by atoms with Crippen molar-refractivity contribution in [2.75, 3.05) is 38.6 Å². The molecule has 9 heteroatoms. The number of morpholine rings is 1. The third-order valence-corrected chi connectivity index (χ3v) is 5.09. The van der Waals surface area contributed by atoms with Gasteiger partial charge in [-0.15, -0.1) is 0 Å². The molecule has 1 saturated heterocycles. The van der Waals surface area contributed by atoms with Crippen LogP contribution in [0.2, 0.25) is 0 Å². The van der Waals surface area contributed by atoms with E-state index in [2.05, 4.69) is 9.88 Å². The number of carbonyl (C=O) groups excluding carboxylic acids is 1. The summed E-state index contributed by atoms with van der Waals surface area (Å²) in [6.45, 7) is 4.65. The maximum Gasteiger partial charge on any atom is 0.278 e. The molecule has 9 nitrogen and oxygen atoms in total. The highest BCUT2D eigenvalue weighted by Crippen LogP contribution is 2.14. The van der Waals surface area contributed by atoms with Gasteiger partial charge in [-0.05, 0) is 24.6 Å². The molecule has 0 spiro atoms. The summed E-state index contributed by atoms with van der Waals surface area (Å²) < 4.78 is 8.54. The molecule has 4 heterocycles. The van der Waals surface area contributed by atoms with E-state index in [4.69, 9.17) is 16.2 Å². The Hall–Kier alpha value is -3.04. The van der Waals surface area contributed by atoms with Crippen LogP contribution in [0.3, 0.4) is 0 Å². The lowest BCUT2D eigenvalue weighted by Crippen LogP contribution is -2.44. The Morgan fingerprint density at radius 1 is 1.29 bits per heavy atom. The number of nitrogens with zero attached hydrogens (tertiary/aromatic N) is 4. The van der Waals surface area contributed by atoms with Gasteiger partial charge >= 0.3 is 0 Å². The summed E-state index contributed by atoms with van der Waals surface area (Å²) in [6.07, 6.45) is 2.44. The van der Waals surface area contributed by atoms with Crippen molar-refractivity contribution in [2.24, 2.45) is 5.73 Å². The highest BCUT2D eigenvalue weighted by Gasteiger charge is 2.23. The van der Waals surface area contributed by atoms with Gasteiger partial charge in [0.2, 0.25) is 11.5 Å². The van der Waals surface area contributed by atoms with E-state index in [1.165, 1.54) is 10.5 Å². The second kappa shape index (κ2) is 7.53. The third-order valence-electron chi connectivity index (χ3n) is 5.09. The van der Waals surface area contributed by atoms with Crippen LogP contribution in [-0.4, -0.2) is 53.0 Å². The molecule has 3 aromatic rings. The predicted molar refractivity (Wildman–Crippen MR) is 104 cm³/mol. The number of carbonyl (C=O) groups is 1. The van der Waals surface area contributed by atoms with E-state index in [0.717, 1.165) is 39.3 Å². The van der Waals surface area contributed by atoms with Gasteiger partial charge in [0.15, 0.2) is 0 Å². The van der Waals surface area contributed by atoms with Gasteiger partial charge in [-0.25, -0.2) is 4.57 Å². The van der Waals surface area contributed by atoms with Gasteiger partial charge < -0.3 is 16.2 Å². The molecule has 0 aromatic carbocycles. The molecule has 0 radical (unpaired) electrons. The normalized spacial score (nSPS) is 15.3. The number of aromatic nitrogens is 3. The second-order valence-corrected chi connectivity index (χ2v) is 6.85. The van der Waals surface area contributed by atoms with Crippen molar-refractivity contribution < 1.29 is 14.1 Å². The minimum absolute atomic E-state index is 0.133. The number of aryl methyl sites for hydroxylation is 1. The monoisotopic (exact) mass is 383 g/mol. The van der Waals surface area contributed by atoms with Gasteiger partial charge in [-0.1, -0.05) is 11.1 Å². The fourth-order valence-corrected chi connectivity index (χ4v) is 3.60. The van der Waals surface area contributed by atoms with Gasteiger partial charge in [-0.3, -0.25) is 18.9 Å². The van der Waals surface area contributed by atoms with Gasteiger partial charge in [0.1, 0.15) is 10.9 Å². The van der Waals surface area contributed by atoms with Gasteiger partial charge in [-0.2, -0.15) is 0 Å². The second-order valence-electron chi connectivity index (χ2n) is 6.85. The number of rotatable bonds is 5. The van der Waals surface area contributed by atoms with Gasteiger partial charge in [0, 0.05) is 25.8 Å². The fraction of sp³-hybridized carbons (Fsp3) is 0.368. The summed E-state index contributed by atoms with van der Waals surface area (Å²) in [5.74, 6) is -0.437. The minimum Gasteiger partial charge on any atom is -0.379 e. The summed E-state index contributed by atoms with van der Waals surface area (Å²) in [5, 5.41) is 0.318. The number of nitrogens with two attached hydrogens (primary N) is 2. The van der Waals surface area contributed by atoms with Gasteiger partial charge in [0.05, 0.1) is 19.8 Å². The number of amides is 1. The number of fused-ring (bicyclic) bond motifs is 2. The molecular formula is C19H23N6O3+. The summed E-state index contributed by atoms with van der Waals surface area (Å²) in [4.78, 5) is 31.8. The Kier molecular flexibility index (Phi) is 4.93. The number of ether oxygens (including phenoxy) is 1. The lowest BCUT2D eigenvalue weighted by atomic mass is 10.1. The lowest BCUT2D eigenvalue weighted by Gasteiger charge is -2.26. The maximum atomic E-state index is 12.9. The van der Waals surface area contributed by atoms with Crippen molar-refractivity contribution in [3.8, 4) is 0 Å². The zero-order chi connectivity index (χ0) is 19.7. The number of primary amides is 1. The Morgan fingerprint density at radius 3 is 2.82 bits per heavy atom. The van der Waals surface area contributed by atoms with Crippen LogP contribution in [0, 0.1) is 0 Å². The third kappa shape index (κ3) is 3.30. The first-order chi connectivity index (χ1) is 13.6. The molecule has 0 unspecified atom stereocenters. The molecule has 0 saturated carbocycles. The molecule has 146 valence electrons. The number of hydrogen-bond acceptors (Lipinski definition) is 6. The van der Waals surface area contributed by atoms with Crippen LogP contribution in [0.4, 0.5) is 5.82 Å². The van der Waals surface area contributed by atoms with Crippen molar-refractivity contribution in [3.63, 3.8) is 0 Å². The first-order valence-electron chi connectivity index (χ1n) is 9.29.